The molecule has 3 rings (SSSR count). The van der Waals surface area contributed by atoms with Crippen molar-refractivity contribution in [3.63, 3.8) is 0 Å². The first-order valence-electron chi connectivity index (χ1n) is 6.57. The van der Waals surface area contributed by atoms with E-state index in [-0.39, 0.29) is 12.5 Å². The Hall–Kier alpha value is -2.18. The topological polar surface area (TPSA) is 66.6 Å². The third-order valence-electron chi connectivity index (χ3n) is 3.17. The third-order valence-corrected chi connectivity index (χ3v) is 4.05. The van der Waals surface area contributed by atoms with Crippen LogP contribution in [0.3, 0.4) is 0 Å². The van der Waals surface area contributed by atoms with Gasteiger partial charge in [0.15, 0.2) is 4.96 Å². The molecule has 0 unspecified atom stereocenters. The summed E-state index contributed by atoms with van der Waals surface area (Å²) in [6, 6.07) is 7.15. The van der Waals surface area contributed by atoms with Gasteiger partial charge < -0.3 is 10.4 Å². The van der Waals surface area contributed by atoms with Crippen LogP contribution in [-0.4, -0.2) is 20.4 Å². The summed E-state index contributed by atoms with van der Waals surface area (Å²) >= 11 is 1.53. The summed E-state index contributed by atoms with van der Waals surface area (Å²) in [6.07, 6.45) is 2.24. The van der Waals surface area contributed by atoms with Crippen LogP contribution in [0.5, 0.6) is 0 Å². The van der Waals surface area contributed by atoms with E-state index in [0.717, 1.165) is 27.6 Å². The molecule has 1 aromatic carbocycles. The zero-order valence-corrected chi connectivity index (χ0v) is 12.4. The number of imidazole rings is 1. The number of carbonyl (C=O) groups excluding carboxylic acids is 1. The van der Waals surface area contributed by atoms with E-state index >= 15 is 0 Å². The van der Waals surface area contributed by atoms with Crippen LogP contribution in [0.25, 0.3) is 4.96 Å². The fraction of sp³-hybridized carbons (Fsp3) is 0.200. The van der Waals surface area contributed by atoms with Crippen LogP contribution >= 0.6 is 11.3 Å². The van der Waals surface area contributed by atoms with Gasteiger partial charge in [0, 0.05) is 23.0 Å². The molecular weight excluding hydrogens is 286 g/mol. The predicted molar refractivity (Wildman–Crippen MR) is 82.5 cm³/mol. The molecule has 0 radical (unpaired) electrons. The second kappa shape index (κ2) is 5.67. The number of nitrogens with zero attached hydrogens (tertiary/aromatic N) is 2. The molecule has 1 amide bonds. The van der Waals surface area contributed by atoms with E-state index in [0.29, 0.717) is 6.42 Å². The number of thiazole rings is 1. The van der Waals surface area contributed by atoms with Gasteiger partial charge in [-0.15, -0.1) is 11.3 Å². The summed E-state index contributed by atoms with van der Waals surface area (Å²) in [5, 5.41) is 13.8. The van der Waals surface area contributed by atoms with E-state index in [1.165, 1.54) is 11.3 Å². The number of benzene rings is 1. The van der Waals surface area contributed by atoms with Gasteiger partial charge in [-0.2, -0.15) is 0 Å². The number of aryl methyl sites for hydroxylation is 1. The second-order valence-electron chi connectivity index (χ2n) is 4.84. The van der Waals surface area contributed by atoms with Crippen molar-refractivity contribution in [1.29, 1.82) is 0 Å². The normalized spacial score (nSPS) is 11.0. The Morgan fingerprint density at radius 1 is 1.38 bits per heavy atom. The van der Waals surface area contributed by atoms with Gasteiger partial charge in [0.2, 0.25) is 5.91 Å². The first kappa shape index (κ1) is 13.8. The minimum Gasteiger partial charge on any atom is -0.392 e. The molecule has 108 valence electrons. The molecule has 0 fully saturated rings. The number of aliphatic hydroxyl groups is 1. The van der Waals surface area contributed by atoms with Crippen molar-refractivity contribution in [1.82, 2.24) is 9.38 Å². The van der Waals surface area contributed by atoms with Gasteiger partial charge in [-0.25, -0.2) is 4.98 Å². The molecule has 0 saturated carbocycles. The molecule has 0 aliphatic carbocycles. The molecule has 2 N–H and O–H groups in total. The fourth-order valence-corrected chi connectivity index (χ4v) is 3.05. The molecular formula is C15H15N3O2S. The molecule has 0 spiro atoms. The first-order valence-corrected chi connectivity index (χ1v) is 7.45. The first-order chi connectivity index (χ1) is 10.2. The number of aromatic nitrogens is 2. The minimum atomic E-state index is -0.0715. The highest BCUT2D eigenvalue weighted by Gasteiger charge is 2.10. The number of amides is 1. The van der Waals surface area contributed by atoms with Crippen LogP contribution in [0, 0.1) is 6.92 Å². The predicted octanol–water partition coefficient (Wildman–Crippen LogP) is 2.38. The number of hydrogen-bond donors (Lipinski definition) is 2. The largest absolute Gasteiger partial charge is 0.392 e. The van der Waals surface area contributed by atoms with Crippen molar-refractivity contribution < 1.29 is 9.90 Å². The lowest BCUT2D eigenvalue weighted by molar-refractivity contribution is -0.115. The Labute approximate surface area is 125 Å². The van der Waals surface area contributed by atoms with Crippen LogP contribution in [0.4, 0.5) is 5.69 Å². The molecule has 2 heterocycles. The summed E-state index contributed by atoms with van der Waals surface area (Å²) in [5.41, 5.74) is 3.43. The summed E-state index contributed by atoms with van der Waals surface area (Å²) < 4.78 is 1.95. The number of aliphatic hydroxyl groups excluding tert-OH is 1. The zero-order chi connectivity index (χ0) is 14.8. The van der Waals surface area contributed by atoms with E-state index in [1.54, 1.807) is 24.3 Å². The van der Waals surface area contributed by atoms with Crippen LogP contribution in [0.1, 0.15) is 17.0 Å². The Kier molecular flexibility index (Phi) is 3.72. The van der Waals surface area contributed by atoms with Crippen LogP contribution < -0.4 is 5.32 Å². The molecule has 0 aliphatic rings. The van der Waals surface area contributed by atoms with Crippen molar-refractivity contribution in [2.75, 3.05) is 5.32 Å². The summed E-state index contributed by atoms with van der Waals surface area (Å²) in [6.45, 7) is 1.94. The average Bonchev–Trinajstić information content (AvgIpc) is 3.00. The van der Waals surface area contributed by atoms with Gasteiger partial charge in [0.05, 0.1) is 18.7 Å². The monoisotopic (exact) mass is 301 g/mol. The van der Waals surface area contributed by atoms with E-state index in [2.05, 4.69) is 10.3 Å². The van der Waals surface area contributed by atoms with Gasteiger partial charge in [-0.05, 0) is 24.6 Å². The molecule has 3 aromatic rings. The second-order valence-corrected chi connectivity index (χ2v) is 5.68. The standard InChI is InChI=1S/C15H15N3O2S/c1-10-7-18-13(9-21-15(18)16-10)6-14(20)17-12-4-2-11(8-19)3-5-12/h2-5,7,9,19H,6,8H2,1H3,(H,17,20). The van der Waals surface area contributed by atoms with Gasteiger partial charge in [0.1, 0.15) is 0 Å². The van der Waals surface area contributed by atoms with Crippen LogP contribution in [0.15, 0.2) is 35.8 Å². The summed E-state index contributed by atoms with van der Waals surface area (Å²) in [7, 11) is 0. The number of carbonyl (C=O) groups is 1. The van der Waals surface area contributed by atoms with E-state index < -0.39 is 0 Å². The lowest BCUT2D eigenvalue weighted by atomic mass is 10.2. The number of anilines is 1. The number of hydrogen-bond acceptors (Lipinski definition) is 4. The smallest absolute Gasteiger partial charge is 0.230 e. The average molecular weight is 301 g/mol. The quantitative estimate of drug-likeness (QED) is 0.777. The Bertz CT molecular complexity index is 774. The molecule has 0 aliphatic heterocycles. The molecule has 0 saturated heterocycles. The Morgan fingerprint density at radius 3 is 2.86 bits per heavy atom. The lowest BCUT2D eigenvalue weighted by Gasteiger charge is -2.05. The van der Waals surface area contributed by atoms with Crippen molar-refractivity contribution in [2.45, 2.75) is 20.0 Å². The number of nitrogens with one attached hydrogen (secondary N) is 1. The van der Waals surface area contributed by atoms with Crippen molar-refractivity contribution in [3.05, 3.63) is 52.8 Å². The molecule has 0 bridgehead atoms. The maximum atomic E-state index is 12.1. The highest BCUT2D eigenvalue weighted by Crippen LogP contribution is 2.17. The molecule has 2 aromatic heterocycles. The Morgan fingerprint density at radius 2 is 2.14 bits per heavy atom. The van der Waals surface area contributed by atoms with Crippen LogP contribution in [0.2, 0.25) is 0 Å². The van der Waals surface area contributed by atoms with Gasteiger partial charge in [-0.1, -0.05) is 12.1 Å². The van der Waals surface area contributed by atoms with E-state index in [9.17, 15) is 4.79 Å². The van der Waals surface area contributed by atoms with Crippen molar-refractivity contribution in [2.24, 2.45) is 0 Å². The van der Waals surface area contributed by atoms with Crippen LogP contribution in [-0.2, 0) is 17.8 Å². The van der Waals surface area contributed by atoms with E-state index in [1.807, 2.05) is 22.9 Å². The third kappa shape index (κ3) is 2.96. The maximum Gasteiger partial charge on any atom is 0.230 e. The summed E-state index contributed by atoms with van der Waals surface area (Å²) in [5.74, 6) is -0.0715. The highest BCUT2D eigenvalue weighted by molar-refractivity contribution is 7.15. The summed E-state index contributed by atoms with van der Waals surface area (Å²) in [4.78, 5) is 17.4. The van der Waals surface area contributed by atoms with Crippen molar-refractivity contribution >= 4 is 27.9 Å². The van der Waals surface area contributed by atoms with E-state index in [4.69, 9.17) is 5.11 Å². The minimum absolute atomic E-state index is 0.00108. The van der Waals surface area contributed by atoms with Gasteiger partial charge in [-0.3, -0.25) is 9.20 Å². The zero-order valence-electron chi connectivity index (χ0n) is 11.5. The van der Waals surface area contributed by atoms with Gasteiger partial charge in [0.25, 0.3) is 0 Å². The highest BCUT2D eigenvalue weighted by atomic mass is 32.1. The lowest BCUT2D eigenvalue weighted by Crippen LogP contribution is -2.15. The Balaban J connectivity index is 1.70. The molecule has 0 atom stereocenters. The SMILES string of the molecule is Cc1cn2c(CC(=O)Nc3ccc(CO)cc3)csc2n1. The fourth-order valence-electron chi connectivity index (χ4n) is 2.13. The maximum absolute atomic E-state index is 12.1. The van der Waals surface area contributed by atoms with Crippen molar-refractivity contribution in [3.8, 4) is 0 Å². The molecule has 5 nitrogen and oxygen atoms in total. The number of fused-ring (bicyclic) bond motifs is 1. The number of rotatable bonds is 4. The molecule has 6 heteroatoms. The van der Waals surface area contributed by atoms with Gasteiger partial charge >= 0.3 is 0 Å². The molecule has 21 heavy (non-hydrogen) atoms.